The molecule has 45 heavy (non-hydrogen) atoms. The maximum absolute atomic E-state index is 11.8. The molecule has 1 aliphatic carbocycles. The van der Waals surface area contributed by atoms with Crippen LogP contribution in [0.4, 0.5) is 0 Å². The number of hydrogen-bond donors (Lipinski definition) is 1. The molecule has 0 bridgehead atoms. The number of carboxylic acids is 1. The van der Waals surface area contributed by atoms with Gasteiger partial charge in [0.25, 0.3) is 0 Å². The van der Waals surface area contributed by atoms with E-state index in [-0.39, 0.29) is 18.5 Å². The van der Waals surface area contributed by atoms with Crippen LogP contribution in [0.5, 0.6) is 0 Å². The number of aromatic carboxylic acids is 1. The van der Waals surface area contributed by atoms with Gasteiger partial charge in [-0.25, -0.2) is 4.79 Å². The number of carbonyl (C=O) groups is 1. The van der Waals surface area contributed by atoms with Crippen LogP contribution in [0.3, 0.4) is 0 Å². The van der Waals surface area contributed by atoms with E-state index in [9.17, 15) is 9.90 Å². The number of carbonyl (C=O) groups excluding carboxylic acids is 6. The first-order valence-corrected chi connectivity index (χ1v) is 17.5. The van der Waals surface area contributed by atoms with E-state index >= 15 is 0 Å². The topological polar surface area (TPSA) is 153 Å². The monoisotopic (exact) mass is 712 g/mol. The summed E-state index contributed by atoms with van der Waals surface area (Å²) in [5.74, 6) is -0.847. The van der Waals surface area contributed by atoms with Gasteiger partial charge in [-0.1, -0.05) is 0 Å². The van der Waals surface area contributed by atoms with Gasteiger partial charge in [0.2, 0.25) is 0 Å². The van der Waals surface area contributed by atoms with Gasteiger partial charge < -0.3 is 9.52 Å². The highest BCUT2D eigenvalue weighted by molar-refractivity contribution is 7.26. The fourth-order valence-electron chi connectivity index (χ4n) is 4.74. The predicted octanol–water partition coefficient (Wildman–Crippen LogP) is 9.19. The highest BCUT2D eigenvalue weighted by Gasteiger charge is 2.30. The van der Waals surface area contributed by atoms with Crippen LogP contribution in [0.1, 0.15) is 19.4 Å². The first kappa shape index (κ1) is 33.5. The molecule has 0 unspecified atom stereocenters. The molecule has 9 nitrogen and oxygen atoms in total. The zero-order valence-electron chi connectivity index (χ0n) is 22.9. The Labute approximate surface area is 277 Å². The molecule has 0 radical (unpaired) electrons. The maximum Gasteiger partial charge on any atom is 0.373 e. The molecule has 0 amide bonds. The third kappa shape index (κ3) is 6.68. The average molecular weight is 713 g/mol. The predicted molar refractivity (Wildman–Crippen MR) is 174 cm³/mol. The van der Waals surface area contributed by atoms with Crippen LogP contribution in [0.2, 0.25) is 0 Å². The van der Waals surface area contributed by atoms with Crippen molar-refractivity contribution in [2.45, 2.75) is 13.8 Å². The highest BCUT2D eigenvalue weighted by atomic mass is 32.1. The van der Waals surface area contributed by atoms with Gasteiger partial charge in [0.05, 0.1) is 9.40 Å². The van der Waals surface area contributed by atoms with Crippen molar-refractivity contribution in [1.29, 1.82) is 0 Å². The van der Waals surface area contributed by atoms with Gasteiger partial charge >= 0.3 is 24.4 Å². The molecule has 0 aliphatic heterocycles. The number of hydrogen-bond acceptors (Lipinski definition) is 14. The summed E-state index contributed by atoms with van der Waals surface area (Å²) in [4.78, 5) is 63.5. The normalized spacial score (nSPS) is 10.0. The molecule has 1 N–H and O–H groups in total. The van der Waals surface area contributed by atoms with E-state index in [1.807, 2.05) is 22.8 Å². The third-order valence-corrected chi connectivity index (χ3v) is 11.7. The molecule has 226 valence electrons. The number of furan rings is 1. The molecule has 1 aliphatic rings. The molecule has 7 heterocycles. The smallest absolute Gasteiger partial charge is 0.373 e. The molecule has 0 atom stereocenters. The lowest BCUT2D eigenvalue weighted by molar-refractivity contribution is -0.193. The summed E-state index contributed by atoms with van der Waals surface area (Å²) < 4.78 is 8.23. The molecule has 7 aromatic rings. The van der Waals surface area contributed by atoms with E-state index in [1.165, 1.54) is 47.2 Å². The molecule has 0 spiro atoms. The van der Waals surface area contributed by atoms with Crippen molar-refractivity contribution in [2.24, 2.45) is 0 Å². The van der Waals surface area contributed by atoms with E-state index in [0.29, 0.717) is 4.88 Å². The number of rotatable bonds is 1. The number of carboxylic acid groups (broad SMARTS) is 1. The lowest BCUT2D eigenvalue weighted by Gasteiger charge is -2.15. The molecule has 8 rings (SSSR count). The number of thiophene rings is 6. The lowest BCUT2D eigenvalue weighted by Crippen LogP contribution is -1.98. The molecule has 0 saturated carbocycles. The second kappa shape index (κ2) is 15.1. The quantitative estimate of drug-likeness (QED) is 0.175. The first-order chi connectivity index (χ1) is 21.8. The minimum absolute atomic E-state index is 0.250. The Morgan fingerprint density at radius 3 is 1.73 bits per heavy atom. The van der Waals surface area contributed by atoms with Crippen molar-refractivity contribution in [2.75, 3.05) is 0 Å². The Hall–Kier alpha value is -4.39. The summed E-state index contributed by atoms with van der Waals surface area (Å²) in [5.41, 5.74) is 11.1. The van der Waals surface area contributed by atoms with Crippen molar-refractivity contribution in [3.8, 4) is 44.5 Å². The fraction of sp³-hybridized carbons (Fsp3) is 0.0667. The van der Waals surface area contributed by atoms with E-state index in [2.05, 4.69) is 52.2 Å². The van der Waals surface area contributed by atoms with Gasteiger partial charge in [-0.05, 0) is 58.3 Å². The molecule has 0 saturated heterocycles. The third-order valence-electron chi connectivity index (χ3n) is 6.28. The van der Waals surface area contributed by atoms with Crippen LogP contribution in [0.25, 0.3) is 65.1 Å². The summed E-state index contributed by atoms with van der Waals surface area (Å²) in [5, 5.41) is 24.7. The Morgan fingerprint density at radius 1 is 0.667 bits per heavy atom. The highest BCUT2D eigenvalue weighted by Crippen LogP contribution is 2.54. The van der Waals surface area contributed by atoms with Crippen LogP contribution in [-0.4, -0.2) is 29.5 Å². The molecule has 0 fully saturated rings. The average Bonchev–Trinajstić information content (AvgIpc) is 3.82. The minimum Gasteiger partial charge on any atom is -0.477 e. The van der Waals surface area contributed by atoms with Crippen molar-refractivity contribution in [3.63, 3.8) is 0 Å². The summed E-state index contributed by atoms with van der Waals surface area (Å²) in [7, 11) is 0. The number of aryl methyl sites for hydroxylation is 2. The largest absolute Gasteiger partial charge is 0.477 e. The lowest BCUT2D eigenvalue weighted by atomic mass is 9.86. The summed E-state index contributed by atoms with van der Waals surface area (Å²) in [6.07, 6.45) is 0.750. The van der Waals surface area contributed by atoms with Crippen LogP contribution in [-0.2, 0) is 28.8 Å². The fourth-order valence-corrected chi connectivity index (χ4v) is 10.1. The molecular weight excluding hydrogens is 697 g/mol. The molecular formula is C30H16O9S6. The summed E-state index contributed by atoms with van der Waals surface area (Å²) in [6, 6.07) is 4.13. The molecule has 7 aromatic heterocycles. The van der Waals surface area contributed by atoms with Crippen molar-refractivity contribution >= 4 is 113 Å². The Bertz CT molecular complexity index is 2180. The maximum atomic E-state index is 11.8. The van der Waals surface area contributed by atoms with Gasteiger partial charge in [-0.15, -0.1) is 45.3 Å². The number of fused-ring (bicyclic) bond motifs is 11. The summed E-state index contributed by atoms with van der Waals surface area (Å²) in [6.45, 7) is 4.19. The SMILES string of the molecule is Cc1cc2oc3ccsc3c2s1.Cc1scc2c1-c1c(csc1C(=O)O)-c1cscc1-c1cscc1-2.O=C=O.O=C=O.O=C=O. The first-order valence-electron chi connectivity index (χ1n) is 12.2. The van der Waals surface area contributed by atoms with Crippen molar-refractivity contribution in [1.82, 2.24) is 0 Å². The van der Waals surface area contributed by atoms with Gasteiger partial charge in [0.15, 0.2) is 0 Å². The van der Waals surface area contributed by atoms with E-state index in [4.69, 9.17) is 33.2 Å². The minimum atomic E-state index is -0.847. The van der Waals surface area contributed by atoms with E-state index < -0.39 is 5.97 Å². The van der Waals surface area contributed by atoms with Crippen LogP contribution in [0, 0.1) is 13.8 Å². The zero-order valence-corrected chi connectivity index (χ0v) is 27.8. The molecule has 0 aromatic carbocycles. The van der Waals surface area contributed by atoms with Crippen LogP contribution in [0.15, 0.2) is 54.2 Å². The summed E-state index contributed by atoms with van der Waals surface area (Å²) >= 11 is 9.96. The van der Waals surface area contributed by atoms with Crippen molar-refractivity contribution in [3.05, 3.63) is 64.4 Å². The second-order valence-electron chi connectivity index (χ2n) is 8.65. The Kier molecular flexibility index (Phi) is 11.2. The Morgan fingerprint density at radius 2 is 1.18 bits per heavy atom. The van der Waals surface area contributed by atoms with Crippen LogP contribution < -0.4 is 0 Å². The van der Waals surface area contributed by atoms with Gasteiger partial charge in [-0.2, -0.15) is 51.4 Å². The van der Waals surface area contributed by atoms with E-state index in [1.54, 1.807) is 45.3 Å². The van der Waals surface area contributed by atoms with Crippen LogP contribution >= 0.6 is 68.0 Å². The molecule has 15 heteroatoms. The van der Waals surface area contributed by atoms with Gasteiger partial charge in [0, 0.05) is 59.6 Å². The van der Waals surface area contributed by atoms with Crippen molar-refractivity contribution < 1.29 is 43.1 Å². The van der Waals surface area contributed by atoms with Gasteiger partial charge in [-0.3, -0.25) is 0 Å². The standard InChI is InChI=1S/C18H10O2S4.C9H6OS2.3CO2/c1-8-15-13(6-23-8)11-4-21-2-9(11)10-3-22-5-12(10)14-7-24-17(16(14)15)18(19)20;1-5-4-7-9(12-5)8-6(10-7)2-3-11-8;3*2-1-3/h2-7H,1H3,(H,19,20);2-4H,1H3;;;. The van der Waals surface area contributed by atoms with E-state index in [0.717, 1.165) is 39.0 Å². The Balaban J connectivity index is 0.000000182. The zero-order chi connectivity index (χ0) is 32.7. The second-order valence-corrected chi connectivity index (χ2v) is 14.3. The van der Waals surface area contributed by atoms with Gasteiger partial charge in [0.1, 0.15) is 16.0 Å².